The zero-order valence-electron chi connectivity index (χ0n) is 13.2. The van der Waals surface area contributed by atoms with Gasteiger partial charge in [0, 0.05) is 38.0 Å². The van der Waals surface area contributed by atoms with E-state index in [1.54, 1.807) is 22.7 Å². The molecule has 0 saturated carbocycles. The molecule has 2 saturated heterocycles. The van der Waals surface area contributed by atoms with Gasteiger partial charge in [0.2, 0.25) is 11.8 Å². The standard InChI is InChI=1S/C15H25N3O2S/c1-4-16-5-7-17(8-6-16)15(20)13-10-21-11-18(13)14(19)9-12(2)3/h9,13H,4-8,10-11H2,1-3H3. The van der Waals surface area contributed by atoms with E-state index in [-0.39, 0.29) is 17.9 Å². The van der Waals surface area contributed by atoms with Gasteiger partial charge in [-0.2, -0.15) is 0 Å². The quantitative estimate of drug-likeness (QED) is 0.730. The number of hydrogen-bond acceptors (Lipinski definition) is 4. The van der Waals surface area contributed by atoms with Crippen LogP contribution in [0.25, 0.3) is 0 Å². The number of amides is 2. The van der Waals surface area contributed by atoms with Crippen LogP contribution in [0.15, 0.2) is 11.6 Å². The SMILES string of the molecule is CCN1CCN(C(=O)C2CSCN2C(=O)C=C(C)C)CC1. The van der Waals surface area contributed by atoms with Gasteiger partial charge in [-0.05, 0) is 20.4 Å². The topological polar surface area (TPSA) is 43.9 Å². The Bertz CT molecular complexity index is 427. The third kappa shape index (κ3) is 4.01. The molecule has 2 heterocycles. The van der Waals surface area contributed by atoms with Crippen molar-refractivity contribution in [3.63, 3.8) is 0 Å². The molecule has 0 aromatic heterocycles. The second-order valence-electron chi connectivity index (χ2n) is 5.80. The van der Waals surface area contributed by atoms with Crippen LogP contribution >= 0.6 is 11.8 Å². The number of likely N-dealkylation sites (N-methyl/N-ethyl adjacent to an activating group) is 1. The fourth-order valence-corrected chi connectivity index (χ4v) is 3.84. The molecule has 1 atom stereocenters. The van der Waals surface area contributed by atoms with Crippen molar-refractivity contribution in [2.75, 3.05) is 44.4 Å². The van der Waals surface area contributed by atoms with Crippen LogP contribution in [0.4, 0.5) is 0 Å². The van der Waals surface area contributed by atoms with Crippen LogP contribution in [0, 0.1) is 0 Å². The van der Waals surface area contributed by atoms with Crippen molar-refractivity contribution in [1.82, 2.24) is 14.7 Å². The Balaban J connectivity index is 1.98. The molecule has 6 heteroatoms. The van der Waals surface area contributed by atoms with Gasteiger partial charge in [0.25, 0.3) is 0 Å². The normalized spacial score (nSPS) is 23.3. The highest BCUT2D eigenvalue weighted by Gasteiger charge is 2.37. The van der Waals surface area contributed by atoms with Crippen molar-refractivity contribution < 1.29 is 9.59 Å². The van der Waals surface area contributed by atoms with E-state index in [9.17, 15) is 9.59 Å². The molecule has 0 bridgehead atoms. The van der Waals surface area contributed by atoms with E-state index >= 15 is 0 Å². The van der Waals surface area contributed by atoms with Crippen molar-refractivity contribution in [1.29, 1.82) is 0 Å². The zero-order chi connectivity index (χ0) is 15.4. The highest BCUT2D eigenvalue weighted by atomic mass is 32.2. The van der Waals surface area contributed by atoms with Gasteiger partial charge in [-0.3, -0.25) is 9.59 Å². The number of rotatable bonds is 3. The average Bonchev–Trinajstić information content (AvgIpc) is 2.95. The third-order valence-electron chi connectivity index (χ3n) is 3.99. The van der Waals surface area contributed by atoms with E-state index < -0.39 is 0 Å². The Morgan fingerprint density at radius 3 is 2.43 bits per heavy atom. The minimum Gasteiger partial charge on any atom is -0.338 e. The van der Waals surface area contributed by atoms with Gasteiger partial charge in [0.05, 0.1) is 5.88 Å². The lowest BCUT2D eigenvalue weighted by Crippen LogP contribution is -2.54. The van der Waals surface area contributed by atoms with Crippen LogP contribution in [0.2, 0.25) is 0 Å². The molecule has 0 N–H and O–H groups in total. The third-order valence-corrected chi connectivity index (χ3v) is 5.01. The van der Waals surface area contributed by atoms with Crippen molar-refractivity contribution in [3.05, 3.63) is 11.6 Å². The largest absolute Gasteiger partial charge is 0.338 e. The molecule has 0 spiro atoms. The Labute approximate surface area is 131 Å². The summed E-state index contributed by atoms with van der Waals surface area (Å²) in [6.45, 7) is 10.4. The van der Waals surface area contributed by atoms with Gasteiger partial charge in [-0.1, -0.05) is 12.5 Å². The van der Waals surface area contributed by atoms with E-state index in [2.05, 4.69) is 11.8 Å². The van der Waals surface area contributed by atoms with E-state index in [0.717, 1.165) is 44.0 Å². The first-order valence-electron chi connectivity index (χ1n) is 7.57. The van der Waals surface area contributed by atoms with Crippen LogP contribution in [-0.4, -0.2) is 76.9 Å². The maximum atomic E-state index is 12.7. The van der Waals surface area contributed by atoms with Gasteiger partial charge in [0.15, 0.2) is 0 Å². The summed E-state index contributed by atoms with van der Waals surface area (Å²) in [5.41, 5.74) is 0.972. The highest BCUT2D eigenvalue weighted by Crippen LogP contribution is 2.23. The molecule has 118 valence electrons. The average molecular weight is 311 g/mol. The summed E-state index contributed by atoms with van der Waals surface area (Å²) in [6.07, 6.45) is 1.63. The molecule has 1 unspecified atom stereocenters. The predicted octanol–water partition coefficient (Wildman–Crippen LogP) is 1.02. The molecular formula is C15H25N3O2S. The second kappa shape index (κ2) is 7.31. The van der Waals surface area contributed by atoms with Crippen LogP contribution in [0.3, 0.4) is 0 Å². The first-order valence-corrected chi connectivity index (χ1v) is 8.72. The minimum absolute atomic E-state index is 0.0365. The minimum atomic E-state index is -0.286. The molecule has 0 aromatic rings. The van der Waals surface area contributed by atoms with E-state index in [1.165, 1.54) is 0 Å². The molecule has 5 nitrogen and oxygen atoms in total. The number of nitrogens with zero attached hydrogens (tertiary/aromatic N) is 3. The molecule has 2 fully saturated rings. The zero-order valence-corrected chi connectivity index (χ0v) is 14.0. The number of allylic oxidation sites excluding steroid dienone is 1. The van der Waals surface area contributed by atoms with Crippen molar-refractivity contribution in [2.24, 2.45) is 0 Å². The molecule has 2 aliphatic heterocycles. The summed E-state index contributed by atoms with van der Waals surface area (Å²) in [5.74, 6) is 1.42. The number of hydrogen-bond donors (Lipinski definition) is 0. The van der Waals surface area contributed by atoms with Gasteiger partial charge < -0.3 is 14.7 Å². The fraction of sp³-hybridized carbons (Fsp3) is 0.733. The molecule has 0 radical (unpaired) electrons. The molecule has 0 aliphatic carbocycles. The lowest BCUT2D eigenvalue weighted by molar-refractivity contribution is -0.142. The highest BCUT2D eigenvalue weighted by molar-refractivity contribution is 7.99. The smallest absolute Gasteiger partial charge is 0.247 e. The summed E-state index contributed by atoms with van der Waals surface area (Å²) in [6, 6.07) is -0.286. The molecule has 21 heavy (non-hydrogen) atoms. The molecule has 2 aliphatic rings. The lowest BCUT2D eigenvalue weighted by Gasteiger charge is -2.36. The molecular weight excluding hydrogens is 286 g/mol. The van der Waals surface area contributed by atoms with Crippen molar-refractivity contribution >= 4 is 23.6 Å². The van der Waals surface area contributed by atoms with Crippen molar-refractivity contribution in [2.45, 2.75) is 26.8 Å². The molecule has 2 rings (SSSR count). The Morgan fingerprint density at radius 1 is 1.19 bits per heavy atom. The monoisotopic (exact) mass is 311 g/mol. The van der Waals surface area contributed by atoms with E-state index in [4.69, 9.17) is 0 Å². The van der Waals surface area contributed by atoms with Gasteiger partial charge >= 0.3 is 0 Å². The molecule has 2 amide bonds. The maximum Gasteiger partial charge on any atom is 0.247 e. The van der Waals surface area contributed by atoms with E-state index in [0.29, 0.717) is 5.88 Å². The van der Waals surface area contributed by atoms with Crippen LogP contribution < -0.4 is 0 Å². The number of carbonyl (C=O) groups is 2. The van der Waals surface area contributed by atoms with Gasteiger partial charge in [0.1, 0.15) is 6.04 Å². The Hall–Kier alpha value is -1.01. The first-order chi connectivity index (χ1) is 10.0. The fourth-order valence-electron chi connectivity index (χ4n) is 2.69. The molecule has 0 aromatic carbocycles. The number of thioether (sulfide) groups is 1. The summed E-state index contributed by atoms with van der Waals surface area (Å²) in [7, 11) is 0. The summed E-state index contributed by atoms with van der Waals surface area (Å²) < 4.78 is 0. The predicted molar refractivity (Wildman–Crippen MR) is 86.1 cm³/mol. The Kier molecular flexibility index (Phi) is 5.70. The number of piperazine rings is 1. The second-order valence-corrected chi connectivity index (χ2v) is 6.80. The van der Waals surface area contributed by atoms with Crippen LogP contribution in [0.5, 0.6) is 0 Å². The van der Waals surface area contributed by atoms with Crippen LogP contribution in [-0.2, 0) is 9.59 Å². The van der Waals surface area contributed by atoms with Crippen molar-refractivity contribution in [3.8, 4) is 0 Å². The lowest BCUT2D eigenvalue weighted by atomic mass is 10.2. The summed E-state index contributed by atoms with van der Waals surface area (Å²) >= 11 is 1.66. The summed E-state index contributed by atoms with van der Waals surface area (Å²) in [5, 5.41) is 0. The van der Waals surface area contributed by atoms with Gasteiger partial charge in [-0.15, -0.1) is 11.8 Å². The summed E-state index contributed by atoms with van der Waals surface area (Å²) in [4.78, 5) is 30.9. The van der Waals surface area contributed by atoms with E-state index in [1.807, 2.05) is 18.7 Å². The first kappa shape index (κ1) is 16.4. The van der Waals surface area contributed by atoms with Gasteiger partial charge in [-0.25, -0.2) is 0 Å². The number of carbonyl (C=O) groups excluding carboxylic acids is 2. The maximum absolute atomic E-state index is 12.7. The Morgan fingerprint density at radius 2 is 1.86 bits per heavy atom. The van der Waals surface area contributed by atoms with Crippen LogP contribution in [0.1, 0.15) is 20.8 Å².